The van der Waals surface area contributed by atoms with Gasteiger partial charge in [0, 0.05) is 4.47 Å². The van der Waals surface area contributed by atoms with Gasteiger partial charge in [0.15, 0.2) is 9.84 Å². The van der Waals surface area contributed by atoms with Crippen molar-refractivity contribution in [3.63, 3.8) is 0 Å². The number of carbonyl (C=O) groups excluding carboxylic acids is 1. The fourth-order valence-corrected chi connectivity index (χ4v) is 3.83. The van der Waals surface area contributed by atoms with E-state index in [0.29, 0.717) is 12.0 Å². The molecule has 1 aliphatic rings. The highest BCUT2D eigenvalue weighted by molar-refractivity contribution is 9.10. The van der Waals surface area contributed by atoms with E-state index in [9.17, 15) is 13.2 Å². The second-order valence-electron chi connectivity index (χ2n) is 4.39. The van der Waals surface area contributed by atoms with Crippen LogP contribution in [0.3, 0.4) is 0 Å². The molecule has 0 radical (unpaired) electrons. The molecule has 1 aromatic carbocycles. The zero-order valence-electron chi connectivity index (χ0n) is 9.85. The first-order chi connectivity index (χ1) is 8.37. The summed E-state index contributed by atoms with van der Waals surface area (Å²) >= 11 is 3.29. The Hall–Kier alpha value is -0.880. The summed E-state index contributed by atoms with van der Waals surface area (Å²) in [5, 5.41) is 0. The normalized spacial score (nSPS) is 21.8. The van der Waals surface area contributed by atoms with E-state index in [1.165, 1.54) is 0 Å². The van der Waals surface area contributed by atoms with E-state index in [-0.39, 0.29) is 11.5 Å². The molecule has 18 heavy (non-hydrogen) atoms. The maximum atomic E-state index is 11.9. The molecule has 6 heteroatoms. The minimum atomic E-state index is -3.03. The number of benzene rings is 1. The lowest BCUT2D eigenvalue weighted by Gasteiger charge is -2.11. The number of aryl methyl sites for hydroxylation is 1. The van der Waals surface area contributed by atoms with Gasteiger partial charge in [0.25, 0.3) is 0 Å². The van der Waals surface area contributed by atoms with Crippen LogP contribution < -0.4 is 0 Å². The van der Waals surface area contributed by atoms with E-state index < -0.39 is 21.9 Å². The fourth-order valence-electron chi connectivity index (χ4n) is 1.88. The molecule has 0 aliphatic carbocycles. The van der Waals surface area contributed by atoms with Crippen molar-refractivity contribution in [2.24, 2.45) is 0 Å². The maximum Gasteiger partial charge on any atom is 0.338 e. The van der Waals surface area contributed by atoms with Crippen LogP contribution in [0.5, 0.6) is 0 Å². The molecule has 98 valence electrons. The molecule has 0 amide bonds. The van der Waals surface area contributed by atoms with Crippen LogP contribution in [0.25, 0.3) is 0 Å². The van der Waals surface area contributed by atoms with Crippen molar-refractivity contribution in [2.75, 3.05) is 11.5 Å². The molecule has 0 N–H and O–H groups in total. The number of hydrogen-bond acceptors (Lipinski definition) is 4. The fraction of sp³-hybridized carbons (Fsp3) is 0.417. The van der Waals surface area contributed by atoms with Gasteiger partial charge >= 0.3 is 5.97 Å². The molecule has 0 saturated carbocycles. The van der Waals surface area contributed by atoms with Gasteiger partial charge in [0.2, 0.25) is 0 Å². The molecule has 0 bridgehead atoms. The molecule has 0 spiro atoms. The Bertz CT molecular complexity index is 580. The van der Waals surface area contributed by atoms with E-state index >= 15 is 0 Å². The summed E-state index contributed by atoms with van der Waals surface area (Å²) in [6.45, 7) is 1.81. The SMILES string of the molecule is Cc1ccc(Br)cc1C(=O)O[C@H]1CCS(=O)(=O)C1. The number of ether oxygens (including phenoxy) is 1. The molecule has 0 aromatic heterocycles. The van der Waals surface area contributed by atoms with Crippen molar-refractivity contribution in [1.82, 2.24) is 0 Å². The van der Waals surface area contributed by atoms with Crippen LogP contribution in [0.15, 0.2) is 22.7 Å². The molecule has 1 aromatic rings. The van der Waals surface area contributed by atoms with Gasteiger partial charge in [0.05, 0.1) is 17.1 Å². The Kier molecular flexibility index (Phi) is 3.77. The lowest BCUT2D eigenvalue weighted by molar-refractivity contribution is 0.0355. The minimum absolute atomic E-state index is 0.0637. The zero-order valence-corrected chi connectivity index (χ0v) is 12.3. The maximum absolute atomic E-state index is 11.9. The number of hydrogen-bond donors (Lipinski definition) is 0. The highest BCUT2D eigenvalue weighted by Gasteiger charge is 2.31. The summed E-state index contributed by atoms with van der Waals surface area (Å²) < 4.78 is 28.6. The Morgan fingerprint density at radius 2 is 2.17 bits per heavy atom. The van der Waals surface area contributed by atoms with Gasteiger partial charge in [0.1, 0.15) is 6.10 Å². The van der Waals surface area contributed by atoms with Crippen LogP contribution in [-0.2, 0) is 14.6 Å². The summed E-state index contributed by atoms with van der Waals surface area (Å²) in [6.07, 6.45) is -0.123. The lowest BCUT2D eigenvalue weighted by atomic mass is 10.1. The molecule has 4 nitrogen and oxygen atoms in total. The quantitative estimate of drug-likeness (QED) is 0.778. The van der Waals surface area contributed by atoms with E-state index in [0.717, 1.165) is 10.0 Å². The first-order valence-corrected chi connectivity index (χ1v) is 8.16. The standard InChI is InChI=1S/C12H13BrO4S/c1-8-2-3-9(13)6-11(8)12(14)17-10-4-5-18(15,16)7-10/h2-3,6,10H,4-5,7H2,1H3/t10-/m0/s1. The zero-order chi connectivity index (χ0) is 13.3. The van der Waals surface area contributed by atoms with Gasteiger partial charge in [-0.25, -0.2) is 13.2 Å². The highest BCUT2D eigenvalue weighted by atomic mass is 79.9. The predicted molar refractivity (Wildman–Crippen MR) is 71.4 cm³/mol. The molecule has 1 aliphatic heterocycles. The number of carbonyl (C=O) groups is 1. The topological polar surface area (TPSA) is 60.4 Å². The smallest absolute Gasteiger partial charge is 0.338 e. The van der Waals surface area contributed by atoms with E-state index in [1.54, 1.807) is 6.07 Å². The third-order valence-electron chi connectivity index (χ3n) is 2.88. The number of halogens is 1. The molecular weight excluding hydrogens is 320 g/mol. The van der Waals surface area contributed by atoms with Crippen molar-refractivity contribution in [3.05, 3.63) is 33.8 Å². The first-order valence-electron chi connectivity index (χ1n) is 5.55. The predicted octanol–water partition coefficient (Wildman–Crippen LogP) is 2.10. The van der Waals surface area contributed by atoms with Crippen molar-refractivity contribution in [2.45, 2.75) is 19.4 Å². The second-order valence-corrected chi connectivity index (χ2v) is 7.53. The Morgan fingerprint density at radius 1 is 1.44 bits per heavy atom. The van der Waals surface area contributed by atoms with Gasteiger partial charge in [-0.15, -0.1) is 0 Å². The summed E-state index contributed by atoms with van der Waals surface area (Å²) in [4.78, 5) is 11.9. The van der Waals surface area contributed by atoms with Gasteiger partial charge in [-0.2, -0.15) is 0 Å². The van der Waals surface area contributed by atoms with Crippen molar-refractivity contribution in [3.8, 4) is 0 Å². The summed E-state index contributed by atoms with van der Waals surface area (Å²) in [5.74, 6) is -0.426. The van der Waals surface area contributed by atoms with E-state index in [4.69, 9.17) is 4.74 Å². The van der Waals surface area contributed by atoms with Gasteiger partial charge in [-0.05, 0) is 31.0 Å². The van der Waals surface area contributed by atoms with Gasteiger partial charge in [-0.1, -0.05) is 22.0 Å². The third kappa shape index (κ3) is 3.11. The Balaban J connectivity index is 2.11. The van der Waals surface area contributed by atoms with Crippen LogP contribution in [0, 0.1) is 6.92 Å². The number of rotatable bonds is 2. The largest absolute Gasteiger partial charge is 0.458 e. The van der Waals surface area contributed by atoms with Gasteiger partial charge < -0.3 is 4.74 Å². The monoisotopic (exact) mass is 332 g/mol. The second kappa shape index (κ2) is 5.01. The molecular formula is C12H13BrO4S. The summed E-state index contributed by atoms with van der Waals surface area (Å²) in [6, 6.07) is 5.33. The summed E-state index contributed by atoms with van der Waals surface area (Å²) in [5.41, 5.74) is 1.28. The number of esters is 1. The van der Waals surface area contributed by atoms with Crippen molar-refractivity contribution in [1.29, 1.82) is 0 Å². The Morgan fingerprint density at radius 3 is 2.78 bits per heavy atom. The number of sulfone groups is 1. The average Bonchev–Trinajstić information content (AvgIpc) is 2.61. The highest BCUT2D eigenvalue weighted by Crippen LogP contribution is 2.20. The molecule has 0 unspecified atom stereocenters. The van der Waals surface area contributed by atoms with Crippen LogP contribution in [0.2, 0.25) is 0 Å². The Labute approximate surface area is 114 Å². The summed E-state index contributed by atoms with van der Waals surface area (Å²) in [7, 11) is -3.03. The van der Waals surface area contributed by atoms with E-state index in [2.05, 4.69) is 15.9 Å². The molecule has 1 saturated heterocycles. The van der Waals surface area contributed by atoms with Crippen LogP contribution >= 0.6 is 15.9 Å². The van der Waals surface area contributed by atoms with Crippen LogP contribution in [-0.4, -0.2) is 32.0 Å². The van der Waals surface area contributed by atoms with Crippen LogP contribution in [0.1, 0.15) is 22.3 Å². The van der Waals surface area contributed by atoms with Crippen molar-refractivity contribution < 1.29 is 17.9 Å². The van der Waals surface area contributed by atoms with Crippen molar-refractivity contribution >= 4 is 31.7 Å². The van der Waals surface area contributed by atoms with Crippen LogP contribution in [0.4, 0.5) is 0 Å². The molecule has 1 heterocycles. The molecule has 2 rings (SSSR count). The lowest BCUT2D eigenvalue weighted by Crippen LogP contribution is -2.20. The first kappa shape index (κ1) is 13.5. The molecule has 1 atom stereocenters. The third-order valence-corrected chi connectivity index (χ3v) is 5.11. The molecule has 1 fully saturated rings. The average molecular weight is 333 g/mol. The minimum Gasteiger partial charge on any atom is -0.458 e. The van der Waals surface area contributed by atoms with E-state index in [1.807, 2.05) is 19.1 Å². The van der Waals surface area contributed by atoms with Gasteiger partial charge in [-0.3, -0.25) is 0 Å².